The standard InChI is InChI=1S/C12H16N2OS2/c1-13-9(8-15)6-7-16-12-14-10-4-2-3-5-11(10)17-12/h2-5,9,13,15H,6-8H2,1H3. The molecule has 0 amide bonds. The van der Waals surface area contributed by atoms with Crippen molar-refractivity contribution in [2.45, 2.75) is 16.8 Å². The molecule has 0 aliphatic heterocycles. The van der Waals surface area contributed by atoms with Crippen molar-refractivity contribution < 1.29 is 5.11 Å². The van der Waals surface area contributed by atoms with Gasteiger partial charge in [0.05, 0.1) is 16.8 Å². The van der Waals surface area contributed by atoms with Crippen LogP contribution in [0.1, 0.15) is 6.42 Å². The number of aromatic nitrogens is 1. The van der Waals surface area contributed by atoms with E-state index in [1.807, 2.05) is 25.2 Å². The second-order valence-electron chi connectivity index (χ2n) is 3.75. The van der Waals surface area contributed by atoms with Gasteiger partial charge in [0.25, 0.3) is 0 Å². The molecule has 1 aromatic carbocycles. The molecule has 5 heteroatoms. The van der Waals surface area contributed by atoms with Crippen LogP contribution >= 0.6 is 23.1 Å². The number of fused-ring (bicyclic) bond motifs is 1. The van der Waals surface area contributed by atoms with Crippen molar-refractivity contribution in [1.29, 1.82) is 0 Å². The number of likely N-dealkylation sites (N-methyl/N-ethyl adjacent to an activating group) is 1. The van der Waals surface area contributed by atoms with E-state index >= 15 is 0 Å². The minimum Gasteiger partial charge on any atom is -0.395 e. The quantitative estimate of drug-likeness (QED) is 0.790. The summed E-state index contributed by atoms with van der Waals surface area (Å²) in [6.07, 6.45) is 0.952. The van der Waals surface area contributed by atoms with Gasteiger partial charge in [0.15, 0.2) is 4.34 Å². The summed E-state index contributed by atoms with van der Waals surface area (Å²) in [5, 5.41) is 12.1. The van der Waals surface area contributed by atoms with Crippen LogP contribution in [0.2, 0.25) is 0 Å². The second-order valence-corrected chi connectivity index (χ2v) is 6.13. The molecule has 1 atom stereocenters. The zero-order valence-corrected chi connectivity index (χ0v) is 11.4. The van der Waals surface area contributed by atoms with Gasteiger partial charge in [0, 0.05) is 11.8 Å². The van der Waals surface area contributed by atoms with E-state index in [9.17, 15) is 0 Å². The molecule has 2 rings (SSSR count). The molecule has 1 aromatic heterocycles. The van der Waals surface area contributed by atoms with E-state index in [1.165, 1.54) is 4.70 Å². The molecule has 0 spiro atoms. The van der Waals surface area contributed by atoms with E-state index in [4.69, 9.17) is 5.11 Å². The highest BCUT2D eigenvalue weighted by Crippen LogP contribution is 2.29. The third-order valence-corrected chi connectivity index (χ3v) is 4.81. The summed E-state index contributed by atoms with van der Waals surface area (Å²) in [6.45, 7) is 0.191. The maximum atomic E-state index is 9.05. The first kappa shape index (κ1) is 12.8. The third kappa shape index (κ3) is 3.42. The maximum absolute atomic E-state index is 9.05. The van der Waals surface area contributed by atoms with Crippen molar-refractivity contribution in [3.05, 3.63) is 24.3 Å². The molecular formula is C12H16N2OS2. The van der Waals surface area contributed by atoms with Crippen molar-refractivity contribution in [2.24, 2.45) is 0 Å². The number of nitrogens with zero attached hydrogens (tertiary/aromatic N) is 1. The number of benzene rings is 1. The van der Waals surface area contributed by atoms with E-state index in [2.05, 4.69) is 16.4 Å². The summed E-state index contributed by atoms with van der Waals surface area (Å²) in [5.74, 6) is 0.978. The lowest BCUT2D eigenvalue weighted by atomic mass is 10.2. The van der Waals surface area contributed by atoms with Crippen LogP contribution in [0.4, 0.5) is 0 Å². The Balaban J connectivity index is 1.90. The Bertz CT molecular complexity index is 435. The monoisotopic (exact) mass is 268 g/mol. The Morgan fingerprint density at radius 1 is 1.47 bits per heavy atom. The number of para-hydroxylation sites is 1. The summed E-state index contributed by atoms with van der Waals surface area (Å²) >= 11 is 3.49. The van der Waals surface area contributed by atoms with Crippen molar-refractivity contribution in [1.82, 2.24) is 10.3 Å². The Morgan fingerprint density at radius 2 is 2.29 bits per heavy atom. The largest absolute Gasteiger partial charge is 0.395 e. The van der Waals surface area contributed by atoms with Gasteiger partial charge >= 0.3 is 0 Å². The summed E-state index contributed by atoms with van der Waals surface area (Å²) in [4.78, 5) is 4.56. The number of thiazole rings is 1. The highest BCUT2D eigenvalue weighted by molar-refractivity contribution is 8.01. The predicted molar refractivity (Wildman–Crippen MR) is 74.9 cm³/mol. The van der Waals surface area contributed by atoms with E-state index in [0.717, 1.165) is 22.0 Å². The summed E-state index contributed by atoms with van der Waals surface area (Å²) in [6, 6.07) is 8.38. The third-order valence-electron chi connectivity index (χ3n) is 2.59. The molecule has 3 nitrogen and oxygen atoms in total. The fourth-order valence-electron chi connectivity index (χ4n) is 1.53. The van der Waals surface area contributed by atoms with Crippen LogP contribution in [0.15, 0.2) is 28.6 Å². The fraction of sp³-hybridized carbons (Fsp3) is 0.417. The number of rotatable bonds is 6. The van der Waals surface area contributed by atoms with Gasteiger partial charge in [-0.2, -0.15) is 0 Å². The SMILES string of the molecule is CNC(CO)CCSc1nc2ccccc2s1. The molecular weight excluding hydrogens is 252 g/mol. The normalized spacial score (nSPS) is 13.1. The molecule has 0 radical (unpaired) electrons. The first-order chi connectivity index (χ1) is 8.33. The van der Waals surface area contributed by atoms with E-state index in [1.54, 1.807) is 23.1 Å². The Labute approximate surface area is 109 Å². The number of hydrogen-bond acceptors (Lipinski definition) is 5. The molecule has 17 heavy (non-hydrogen) atoms. The van der Waals surface area contributed by atoms with Crippen LogP contribution < -0.4 is 5.32 Å². The number of aliphatic hydroxyl groups excluding tert-OH is 1. The van der Waals surface area contributed by atoms with E-state index in [-0.39, 0.29) is 12.6 Å². The van der Waals surface area contributed by atoms with Gasteiger partial charge in [-0.15, -0.1) is 11.3 Å². The molecule has 0 fully saturated rings. The molecule has 2 N–H and O–H groups in total. The second kappa shape index (κ2) is 6.35. The first-order valence-corrected chi connectivity index (χ1v) is 7.40. The minimum atomic E-state index is 0.191. The molecule has 0 aliphatic carbocycles. The van der Waals surface area contributed by atoms with Crippen molar-refractivity contribution in [3.8, 4) is 0 Å². The lowest BCUT2D eigenvalue weighted by Gasteiger charge is -2.11. The van der Waals surface area contributed by atoms with Gasteiger partial charge in [-0.3, -0.25) is 0 Å². The molecule has 2 aromatic rings. The summed E-state index contributed by atoms with van der Waals surface area (Å²) in [5.41, 5.74) is 1.08. The van der Waals surface area contributed by atoms with Gasteiger partial charge in [-0.1, -0.05) is 23.9 Å². The minimum absolute atomic E-state index is 0.191. The fourth-order valence-corrected chi connectivity index (χ4v) is 3.72. The molecule has 0 saturated heterocycles. The van der Waals surface area contributed by atoms with Crippen LogP contribution in [0.5, 0.6) is 0 Å². The molecule has 92 valence electrons. The average Bonchev–Trinajstić information content (AvgIpc) is 2.77. The lowest BCUT2D eigenvalue weighted by molar-refractivity contribution is 0.246. The van der Waals surface area contributed by atoms with Crippen LogP contribution in [0.25, 0.3) is 10.2 Å². The van der Waals surface area contributed by atoms with Crippen molar-refractivity contribution in [3.63, 3.8) is 0 Å². The van der Waals surface area contributed by atoms with E-state index in [0.29, 0.717) is 0 Å². The highest BCUT2D eigenvalue weighted by atomic mass is 32.2. The number of nitrogens with one attached hydrogen (secondary N) is 1. The number of aliphatic hydroxyl groups is 1. The Kier molecular flexibility index (Phi) is 4.79. The first-order valence-electron chi connectivity index (χ1n) is 5.60. The predicted octanol–water partition coefficient (Wildman–Crippen LogP) is 2.36. The summed E-state index contributed by atoms with van der Waals surface area (Å²) in [7, 11) is 1.88. The van der Waals surface area contributed by atoms with Gasteiger partial charge in [-0.05, 0) is 25.6 Å². The van der Waals surface area contributed by atoms with Gasteiger partial charge in [0.1, 0.15) is 0 Å². The molecule has 0 bridgehead atoms. The Hall–Kier alpha value is -0.620. The maximum Gasteiger partial charge on any atom is 0.151 e. The van der Waals surface area contributed by atoms with Gasteiger partial charge < -0.3 is 10.4 Å². The molecule has 1 unspecified atom stereocenters. The van der Waals surface area contributed by atoms with Gasteiger partial charge in [-0.25, -0.2) is 4.98 Å². The molecule has 0 aliphatic rings. The highest BCUT2D eigenvalue weighted by Gasteiger charge is 2.06. The lowest BCUT2D eigenvalue weighted by Crippen LogP contribution is -2.29. The average molecular weight is 268 g/mol. The molecule has 0 saturated carbocycles. The van der Waals surface area contributed by atoms with Gasteiger partial charge in [0.2, 0.25) is 0 Å². The number of thioether (sulfide) groups is 1. The van der Waals surface area contributed by atoms with Crippen LogP contribution in [-0.4, -0.2) is 35.5 Å². The van der Waals surface area contributed by atoms with E-state index < -0.39 is 0 Å². The van der Waals surface area contributed by atoms with Crippen LogP contribution in [0, 0.1) is 0 Å². The van der Waals surface area contributed by atoms with Crippen LogP contribution in [0.3, 0.4) is 0 Å². The zero-order valence-electron chi connectivity index (χ0n) is 9.72. The smallest absolute Gasteiger partial charge is 0.151 e. The van der Waals surface area contributed by atoms with Crippen molar-refractivity contribution >= 4 is 33.3 Å². The number of hydrogen-bond donors (Lipinski definition) is 2. The topological polar surface area (TPSA) is 45.1 Å². The van der Waals surface area contributed by atoms with Crippen molar-refractivity contribution in [2.75, 3.05) is 19.4 Å². The van der Waals surface area contributed by atoms with Crippen LogP contribution in [-0.2, 0) is 0 Å². The zero-order chi connectivity index (χ0) is 12.1. The molecule has 1 heterocycles. The Morgan fingerprint density at radius 3 is 3.00 bits per heavy atom. The summed E-state index contributed by atoms with van der Waals surface area (Å²) < 4.78 is 2.35.